The lowest BCUT2D eigenvalue weighted by molar-refractivity contribution is 0.0991. The molecule has 130 valence electrons. The van der Waals surface area contributed by atoms with Crippen molar-refractivity contribution >= 4 is 6.03 Å². The fourth-order valence-corrected chi connectivity index (χ4v) is 4.89. The molecule has 3 heterocycles. The van der Waals surface area contributed by atoms with Crippen LogP contribution >= 0.6 is 0 Å². The van der Waals surface area contributed by atoms with Crippen LogP contribution in [0.4, 0.5) is 4.79 Å². The number of hydrogen-bond donors (Lipinski definition) is 0. The molecule has 0 spiro atoms. The van der Waals surface area contributed by atoms with E-state index in [1.54, 1.807) is 7.11 Å². The lowest BCUT2D eigenvalue weighted by atomic mass is 9.85. The lowest BCUT2D eigenvalue weighted by Crippen LogP contribution is -2.53. The number of likely N-dealkylation sites (tertiary alicyclic amines) is 1. The van der Waals surface area contributed by atoms with Gasteiger partial charge in [-0.3, -0.25) is 0 Å². The molecule has 3 aliphatic rings. The fraction of sp³-hybridized carbons (Fsp3) is 0.650. The van der Waals surface area contributed by atoms with Crippen LogP contribution in [0.3, 0.4) is 0 Å². The molecule has 0 saturated carbocycles. The van der Waals surface area contributed by atoms with Gasteiger partial charge in [-0.1, -0.05) is 12.1 Å². The predicted molar refractivity (Wildman–Crippen MR) is 94.4 cm³/mol. The quantitative estimate of drug-likeness (QED) is 0.822. The molecule has 4 heteroatoms. The number of rotatable bonds is 2. The third-order valence-electron chi connectivity index (χ3n) is 6.17. The minimum absolute atomic E-state index is 0.315. The number of hydrogen-bond acceptors (Lipinski definition) is 2. The smallest absolute Gasteiger partial charge is 0.320 e. The molecule has 0 unspecified atom stereocenters. The Morgan fingerprint density at radius 2 is 1.62 bits per heavy atom. The molecule has 0 radical (unpaired) electrons. The zero-order valence-corrected chi connectivity index (χ0v) is 14.6. The molecule has 4 nitrogen and oxygen atoms in total. The number of piperidine rings is 2. The molecular formula is C20H28N2O2. The highest BCUT2D eigenvalue weighted by atomic mass is 16.5. The van der Waals surface area contributed by atoms with Gasteiger partial charge >= 0.3 is 6.03 Å². The number of urea groups is 1. The Morgan fingerprint density at radius 1 is 1.00 bits per heavy atom. The molecule has 1 aromatic rings. The van der Waals surface area contributed by atoms with Crippen molar-refractivity contribution in [2.45, 2.75) is 62.9 Å². The third kappa shape index (κ3) is 2.87. The fourth-order valence-electron chi connectivity index (χ4n) is 4.89. The van der Waals surface area contributed by atoms with Crippen molar-refractivity contribution < 1.29 is 9.53 Å². The number of carbonyl (C=O) groups excluding carboxylic acids is 1. The average Bonchev–Trinajstić information content (AvgIpc) is 2.91. The first-order valence-corrected chi connectivity index (χ1v) is 9.47. The first-order chi connectivity index (χ1) is 11.8. The van der Waals surface area contributed by atoms with E-state index in [1.807, 2.05) is 0 Å². The normalized spacial score (nSPS) is 29.6. The van der Waals surface area contributed by atoms with Crippen LogP contribution in [0.2, 0.25) is 0 Å². The number of ether oxygens (including phenoxy) is 1. The van der Waals surface area contributed by atoms with E-state index in [4.69, 9.17) is 4.74 Å². The monoisotopic (exact) mass is 328 g/mol. The van der Waals surface area contributed by atoms with Crippen LogP contribution in [-0.2, 0) is 0 Å². The number of nitrogens with zero attached hydrogens (tertiary/aromatic N) is 2. The Bertz CT molecular complexity index is 566. The summed E-state index contributed by atoms with van der Waals surface area (Å²) in [6.45, 7) is 1.91. The van der Waals surface area contributed by atoms with Gasteiger partial charge in [0, 0.05) is 25.2 Å². The Balaban J connectivity index is 1.45. The van der Waals surface area contributed by atoms with Crippen LogP contribution < -0.4 is 4.74 Å². The van der Waals surface area contributed by atoms with Gasteiger partial charge in [-0.25, -0.2) is 4.79 Å². The molecular weight excluding hydrogens is 300 g/mol. The molecule has 3 aliphatic heterocycles. The Kier molecular flexibility index (Phi) is 4.38. The minimum atomic E-state index is 0.315. The maximum absolute atomic E-state index is 13.0. The van der Waals surface area contributed by atoms with Crippen molar-refractivity contribution in [1.29, 1.82) is 0 Å². The van der Waals surface area contributed by atoms with Crippen molar-refractivity contribution in [3.63, 3.8) is 0 Å². The van der Waals surface area contributed by atoms with E-state index in [9.17, 15) is 4.79 Å². The Labute approximate surface area is 144 Å². The van der Waals surface area contributed by atoms with Crippen LogP contribution in [0.1, 0.15) is 56.4 Å². The van der Waals surface area contributed by atoms with Gasteiger partial charge in [-0.2, -0.15) is 0 Å². The molecule has 2 bridgehead atoms. The van der Waals surface area contributed by atoms with Gasteiger partial charge in [0.15, 0.2) is 0 Å². The van der Waals surface area contributed by atoms with Crippen LogP contribution in [0.5, 0.6) is 5.75 Å². The zero-order valence-electron chi connectivity index (χ0n) is 14.6. The van der Waals surface area contributed by atoms with E-state index < -0.39 is 0 Å². The van der Waals surface area contributed by atoms with Gasteiger partial charge in [0.2, 0.25) is 0 Å². The van der Waals surface area contributed by atoms with Crippen molar-refractivity contribution in [1.82, 2.24) is 9.80 Å². The standard InChI is InChI=1S/C20H28N2O2/c1-24-19-9-5-15(6-10-19)16-13-17-7-8-18(14-16)22(17)20(23)21-11-3-2-4-12-21/h5-6,9-10,16-18H,2-4,7-8,11-14H2,1H3/t17-,18-/m1/s1. The first kappa shape index (κ1) is 15.8. The van der Waals surface area contributed by atoms with Crippen molar-refractivity contribution in [3.05, 3.63) is 29.8 Å². The molecule has 4 rings (SSSR count). The topological polar surface area (TPSA) is 32.8 Å². The number of fused-ring (bicyclic) bond motifs is 2. The van der Waals surface area contributed by atoms with E-state index >= 15 is 0 Å². The first-order valence-electron chi connectivity index (χ1n) is 9.47. The maximum Gasteiger partial charge on any atom is 0.320 e. The second-order valence-corrected chi connectivity index (χ2v) is 7.56. The summed E-state index contributed by atoms with van der Waals surface area (Å²) in [5, 5.41) is 0. The lowest BCUT2D eigenvalue weighted by Gasteiger charge is -2.42. The summed E-state index contributed by atoms with van der Waals surface area (Å²) in [7, 11) is 1.71. The Morgan fingerprint density at radius 3 is 2.21 bits per heavy atom. The molecule has 0 aromatic heterocycles. The summed E-state index contributed by atoms with van der Waals surface area (Å²) < 4.78 is 5.27. The highest BCUT2D eigenvalue weighted by Crippen LogP contribution is 2.43. The van der Waals surface area contributed by atoms with Gasteiger partial charge in [-0.05, 0) is 68.6 Å². The molecule has 3 saturated heterocycles. The SMILES string of the molecule is COc1ccc(C2C[C@H]3CC[C@H](C2)N3C(=O)N2CCCCC2)cc1. The number of methoxy groups -OCH3 is 1. The molecule has 2 amide bonds. The van der Waals surface area contributed by atoms with Gasteiger partial charge in [0.1, 0.15) is 5.75 Å². The highest BCUT2D eigenvalue weighted by Gasteiger charge is 2.44. The molecule has 0 N–H and O–H groups in total. The largest absolute Gasteiger partial charge is 0.497 e. The second kappa shape index (κ2) is 6.66. The van der Waals surface area contributed by atoms with E-state index in [0.717, 1.165) is 31.7 Å². The average molecular weight is 328 g/mol. The summed E-state index contributed by atoms with van der Waals surface area (Å²) in [5.41, 5.74) is 1.40. The van der Waals surface area contributed by atoms with E-state index in [1.165, 1.54) is 37.7 Å². The summed E-state index contributed by atoms with van der Waals surface area (Å²) in [6.07, 6.45) is 8.20. The van der Waals surface area contributed by atoms with Crippen molar-refractivity contribution in [2.75, 3.05) is 20.2 Å². The number of carbonyl (C=O) groups is 1. The van der Waals surface area contributed by atoms with E-state index in [2.05, 4.69) is 34.1 Å². The highest BCUT2D eigenvalue weighted by molar-refractivity contribution is 5.76. The van der Waals surface area contributed by atoms with E-state index in [0.29, 0.717) is 24.0 Å². The van der Waals surface area contributed by atoms with Crippen LogP contribution in [0.15, 0.2) is 24.3 Å². The summed E-state index contributed by atoms with van der Waals surface area (Å²) >= 11 is 0. The van der Waals surface area contributed by atoms with E-state index in [-0.39, 0.29) is 0 Å². The van der Waals surface area contributed by atoms with Crippen molar-refractivity contribution in [2.24, 2.45) is 0 Å². The maximum atomic E-state index is 13.0. The number of benzene rings is 1. The van der Waals surface area contributed by atoms with Crippen molar-refractivity contribution in [3.8, 4) is 5.75 Å². The summed E-state index contributed by atoms with van der Waals surface area (Å²) in [6, 6.07) is 9.70. The zero-order chi connectivity index (χ0) is 16.5. The predicted octanol–water partition coefficient (Wildman–Crippen LogP) is 4.01. The minimum Gasteiger partial charge on any atom is -0.497 e. The van der Waals surface area contributed by atoms with Gasteiger partial charge in [-0.15, -0.1) is 0 Å². The van der Waals surface area contributed by atoms with Gasteiger partial charge in [0.05, 0.1) is 7.11 Å². The molecule has 0 aliphatic carbocycles. The number of amides is 2. The summed E-state index contributed by atoms with van der Waals surface area (Å²) in [5.74, 6) is 1.50. The van der Waals surface area contributed by atoms with Crippen LogP contribution in [0, 0.1) is 0 Å². The Hall–Kier alpha value is -1.71. The van der Waals surface area contributed by atoms with Crippen LogP contribution in [0.25, 0.3) is 0 Å². The second-order valence-electron chi connectivity index (χ2n) is 7.56. The molecule has 2 atom stereocenters. The molecule has 24 heavy (non-hydrogen) atoms. The molecule has 1 aromatic carbocycles. The van der Waals surface area contributed by atoms with Crippen LogP contribution in [-0.4, -0.2) is 48.1 Å². The summed E-state index contributed by atoms with van der Waals surface area (Å²) in [4.78, 5) is 17.3. The van der Waals surface area contributed by atoms with Gasteiger partial charge < -0.3 is 14.5 Å². The van der Waals surface area contributed by atoms with Gasteiger partial charge in [0.25, 0.3) is 0 Å². The third-order valence-corrected chi connectivity index (χ3v) is 6.17. The molecule has 3 fully saturated rings.